The molecule has 7 heteroatoms. The average molecular weight is 359 g/mol. The summed E-state index contributed by atoms with van der Waals surface area (Å²) in [4.78, 5) is 28.8. The van der Waals surface area contributed by atoms with Crippen molar-refractivity contribution in [2.75, 3.05) is 39.3 Å². The molecule has 2 atom stereocenters. The van der Waals surface area contributed by atoms with E-state index in [2.05, 4.69) is 17.6 Å². The number of urea groups is 1. The van der Waals surface area contributed by atoms with Crippen molar-refractivity contribution in [3.8, 4) is 0 Å². The number of rotatable bonds is 2. The maximum atomic E-state index is 12.5. The van der Waals surface area contributed by atoms with Gasteiger partial charge in [-0.1, -0.05) is 6.92 Å². The molecule has 3 fully saturated rings. The Morgan fingerprint density at radius 3 is 2.25 bits per heavy atom. The molecule has 24 heavy (non-hydrogen) atoms. The summed E-state index contributed by atoms with van der Waals surface area (Å²) in [6.45, 7) is 7.38. The van der Waals surface area contributed by atoms with Crippen molar-refractivity contribution in [3.63, 3.8) is 0 Å². The zero-order valence-electron chi connectivity index (χ0n) is 14.6. The van der Waals surface area contributed by atoms with Gasteiger partial charge in [0.05, 0.1) is 0 Å². The summed E-state index contributed by atoms with van der Waals surface area (Å²) in [5.41, 5.74) is 0. The number of hydrogen-bond donors (Lipinski definition) is 2. The van der Waals surface area contributed by atoms with Gasteiger partial charge in [-0.3, -0.25) is 4.79 Å². The molecule has 2 N–H and O–H groups in total. The van der Waals surface area contributed by atoms with Gasteiger partial charge in [0.15, 0.2) is 0 Å². The van der Waals surface area contributed by atoms with Gasteiger partial charge in [0.25, 0.3) is 0 Å². The Balaban J connectivity index is 0.00000208. The molecule has 3 amide bonds. The van der Waals surface area contributed by atoms with Crippen molar-refractivity contribution in [3.05, 3.63) is 0 Å². The molecule has 3 rings (SSSR count). The van der Waals surface area contributed by atoms with E-state index in [0.717, 1.165) is 71.4 Å². The van der Waals surface area contributed by atoms with E-state index >= 15 is 0 Å². The van der Waals surface area contributed by atoms with Gasteiger partial charge < -0.3 is 20.4 Å². The number of amides is 3. The number of piperidine rings is 2. The molecule has 0 radical (unpaired) electrons. The first-order valence-electron chi connectivity index (χ1n) is 9.20. The smallest absolute Gasteiger partial charge is 0.319 e. The Bertz CT molecular complexity index is 434. The van der Waals surface area contributed by atoms with Crippen LogP contribution in [0.25, 0.3) is 0 Å². The lowest BCUT2D eigenvalue weighted by molar-refractivity contribution is -0.127. The minimum Gasteiger partial charge on any atom is -0.353 e. The highest BCUT2D eigenvalue weighted by Gasteiger charge is 2.32. The molecule has 3 heterocycles. The Labute approximate surface area is 151 Å². The van der Waals surface area contributed by atoms with Crippen LogP contribution in [0.5, 0.6) is 0 Å². The quantitative estimate of drug-likeness (QED) is 0.785. The van der Waals surface area contributed by atoms with Gasteiger partial charge in [0, 0.05) is 38.1 Å². The summed E-state index contributed by atoms with van der Waals surface area (Å²) in [5.74, 6) is 0.751. The summed E-state index contributed by atoms with van der Waals surface area (Å²) in [7, 11) is 0. The number of carbonyl (C=O) groups excluding carboxylic acids is 2. The second-order valence-corrected chi connectivity index (χ2v) is 7.32. The van der Waals surface area contributed by atoms with Crippen LogP contribution in [-0.4, -0.2) is 67.0 Å². The fourth-order valence-electron chi connectivity index (χ4n) is 3.97. The molecule has 0 spiro atoms. The van der Waals surface area contributed by atoms with Crippen LogP contribution in [0.1, 0.15) is 39.0 Å². The van der Waals surface area contributed by atoms with Crippen molar-refractivity contribution in [1.82, 2.24) is 20.4 Å². The SMILES string of the molecule is CC1CNCCC1NC(=O)C1CCN(C(=O)N2CCCC2)CC1.Cl. The van der Waals surface area contributed by atoms with Crippen molar-refractivity contribution >= 4 is 24.3 Å². The summed E-state index contributed by atoms with van der Waals surface area (Å²) < 4.78 is 0. The van der Waals surface area contributed by atoms with Gasteiger partial charge >= 0.3 is 6.03 Å². The van der Waals surface area contributed by atoms with E-state index in [1.54, 1.807) is 0 Å². The molecule has 0 saturated carbocycles. The van der Waals surface area contributed by atoms with Crippen LogP contribution in [0.4, 0.5) is 4.79 Å². The van der Waals surface area contributed by atoms with Crippen LogP contribution in [0.15, 0.2) is 0 Å². The molecule has 0 aromatic heterocycles. The first-order chi connectivity index (χ1) is 11.1. The molecular formula is C17H31ClN4O2. The Morgan fingerprint density at radius 2 is 1.62 bits per heavy atom. The van der Waals surface area contributed by atoms with Gasteiger partial charge in [-0.15, -0.1) is 12.4 Å². The second kappa shape index (κ2) is 8.90. The monoisotopic (exact) mass is 358 g/mol. The molecule has 6 nitrogen and oxygen atoms in total. The van der Waals surface area contributed by atoms with Crippen LogP contribution in [0.2, 0.25) is 0 Å². The maximum absolute atomic E-state index is 12.5. The molecular weight excluding hydrogens is 328 g/mol. The average Bonchev–Trinajstić information content (AvgIpc) is 3.11. The molecule has 0 bridgehead atoms. The van der Waals surface area contributed by atoms with Crippen molar-refractivity contribution < 1.29 is 9.59 Å². The van der Waals surface area contributed by atoms with E-state index in [1.165, 1.54) is 0 Å². The number of hydrogen-bond acceptors (Lipinski definition) is 3. The Kier molecular flexibility index (Phi) is 7.16. The molecule has 3 saturated heterocycles. The highest BCUT2D eigenvalue weighted by Crippen LogP contribution is 2.21. The van der Waals surface area contributed by atoms with Gasteiger partial charge in [0.2, 0.25) is 5.91 Å². The second-order valence-electron chi connectivity index (χ2n) is 7.32. The fourth-order valence-corrected chi connectivity index (χ4v) is 3.97. The van der Waals surface area contributed by atoms with Crippen LogP contribution >= 0.6 is 12.4 Å². The van der Waals surface area contributed by atoms with E-state index < -0.39 is 0 Å². The predicted octanol–water partition coefficient (Wildman–Crippen LogP) is 1.45. The minimum atomic E-state index is 0. The highest BCUT2D eigenvalue weighted by molar-refractivity contribution is 5.85. The molecule has 0 aromatic rings. The summed E-state index contributed by atoms with van der Waals surface area (Å²) in [6, 6.07) is 0.473. The number of nitrogens with zero attached hydrogens (tertiary/aromatic N) is 2. The third kappa shape index (κ3) is 4.54. The summed E-state index contributed by atoms with van der Waals surface area (Å²) >= 11 is 0. The highest BCUT2D eigenvalue weighted by atomic mass is 35.5. The number of carbonyl (C=O) groups is 2. The van der Waals surface area contributed by atoms with Crippen molar-refractivity contribution in [2.45, 2.75) is 45.1 Å². The third-order valence-electron chi connectivity index (χ3n) is 5.63. The first kappa shape index (κ1) is 19.3. The number of halogens is 1. The topological polar surface area (TPSA) is 64.7 Å². The third-order valence-corrected chi connectivity index (χ3v) is 5.63. The van der Waals surface area contributed by atoms with E-state index in [9.17, 15) is 9.59 Å². The lowest BCUT2D eigenvalue weighted by Crippen LogP contribution is -2.52. The van der Waals surface area contributed by atoms with Gasteiger partial charge in [-0.25, -0.2) is 4.79 Å². The number of likely N-dealkylation sites (tertiary alicyclic amines) is 2. The lowest BCUT2D eigenvalue weighted by atomic mass is 9.92. The standard InChI is InChI=1S/C17H30N4O2.ClH/c1-13-12-18-7-4-15(13)19-16(22)14-5-10-21(11-6-14)17(23)20-8-2-3-9-20;/h13-15,18H,2-12H2,1H3,(H,19,22);1H. The number of nitrogens with one attached hydrogen (secondary N) is 2. The van der Waals surface area contributed by atoms with Gasteiger partial charge in [-0.05, 0) is 51.1 Å². The Morgan fingerprint density at radius 1 is 1.00 bits per heavy atom. The fraction of sp³-hybridized carbons (Fsp3) is 0.882. The van der Waals surface area contributed by atoms with E-state index in [0.29, 0.717) is 12.0 Å². The largest absolute Gasteiger partial charge is 0.353 e. The van der Waals surface area contributed by atoms with Crippen LogP contribution < -0.4 is 10.6 Å². The first-order valence-corrected chi connectivity index (χ1v) is 9.20. The Hall–Kier alpha value is -1.01. The van der Waals surface area contributed by atoms with Crippen LogP contribution in [0, 0.1) is 11.8 Å². The van der Waals surface area contributed by atoms with E-state index in [4.69, 9.17) is 0 Å². The normalized spacial score (nSPS) is 28.4. The molecule has 0 aromatic carbocycles. The summed E-state index contributed by atoms with van der Waals surface area (Å²) in [5, 5.41) is 6.61. The molecule has 3 aliphatic heterocycles. The lowest BCUT2D eigenvalue weighted by Gasteiger charge is -2.36. The van der Waals surface area contributed by atoms with E-state index in [-0.39, 0.29) is 30.3 Å². The van der Waals surface area contributed by atoms with Gasteiger partial charge in [-0.2, -0.15) is 0 Å². The van der Waals surface area contributed by atoms with Crippen LogP contribution in [0.3, 0.4) is 0 Å². The van der Waals surface area contributed by atoms with Crippen molar-refractivity contribution in [1.29, 1.82) is 0 Å². The molecule has 0 aliphatic carbocycles. The maximum Gasteiger partial charge on any atom is 0.319 e. The zero-order chi connectivity index (χ0) is 16.2. The van der Waals surface area contributed by atoms with Gasteiger partial charge in [0.1, 0.15) is 0 Å². The molecule has 138 valence electrons. The van der Waals surface area contributed by atoms with Crippen molar-refractivity contribution in [2.24, 2.45) is 11.8 Å². The van der Waals surface area contributed by atoms with Crippen LogP contribution in [-0.2, 0) is 4.79 Å². The predicted molar refractivity (Wildman–Crippen MR) is 96.3 cm³/mol. The minimum absolute atomic E-state index is 0. The zero-order valence-corrected chi connectivity index (χ0v) is 15.4. The van der Waals surface area contributed by atoms with E-state index in [1.807, 2.05) is 9.80 Å². The summed E-state index contributed by atoms with van der Waals surface area (Å²) in [6.07, 6.45) is 4.85. The molecule has 2 unspecified atom stereocenters. The molecule has 3 aliphatic rings.